The van der Waals surface area contributed by atoms with Crippen LogP contribution in [0.4, 0.5) is 0 Å². The van der Waals surface area contributed by atoms with E-state index in [9.17, 15) is 9.59 Å². The van der Waals surface area contributed by atoms with E-state index in [0.717, 1.165) is 24.3 Å². The van der Waals surface area contributed by atoms with Crippen LogP contribution in [0, 0.1) is 13.8 Å². The molecule has 0 bridgehead atoms. The Morgan fingerprint density at radius 2 is 1.81 bits per heavy atom. The molecule has 1 aliphatic heterocycles. The largest absolute Gasteiger partial charge is 0.354 e. The highest BCUT2D eigenvalue weighted by Gasteiger charge is 2.25. The summed E-state index contributed by atoms with van der Waals surface area (Å²) in [4.78, 5) is 30.0. The first kappa shape index (κ1) is 18.4. The molecule has 0 aliphatic carbocycles. The highest BCUT2D eigenvalue weighted by molar-refractivity contribution is 6.02. The van der Waals surface area contributed by atoms with E-state index in [2.05, 4.69) is 27.3 Å². The Labute approximate surface area is 154 Å². The molecule has 0 saturated carbocycles. The zero-order valence-corrected chi connectivity index (χ0v) is 15.8. The second-order valence-electron chi connectivity index (χ2n) is 7.06. The van der Waals surface area contributed by atoms with Crippen molar-refractivity contribution < 1.29 is 9.59 Å². The highest BCUT2D eigenvalue weighted by atomic mass is 16.2. The molecule has 1 aromatic heterocycles. The minimum absolute atomic E-state index is 0.0190. The average molecular weight is 353 g/mol. The number of aromatic amines is 1. The van der Waals surface area contributed by atoms with Crippen LogP contribution in [-0.4, -0.2) is 41.2 Å². The number of hydrogen-bond acceptors (Lipinski definition) is 3. The number of benzene rings is 1. The predicted molar refractivity (Wildman–Crippen MR) is 103 cm³/mol. The summed E-state index contributed by atoms with van der Waals surface area (Å²) < 4.78 is 0. The van der Waals surface area contributed by atoms with Gasteiger partial charge in [0, 0.05) is 17.8 Å². The Bertz CT molecular complexity index is 789. The van der Waals surface area contributed by atoms with Crippen molar-refractivity contribution in [1.82, 2.24) is 15.2 Å². The van der Waals surface area contributed by atoms with Crippen LogP contribution >= 0.6 is 0 Å². The number of carbonyl (C=O) groups is 2. The molecule has 2 N–H and O–H groups in total. The van der Waals surface area contributed by atoms with E-state index in [4.69, 9.17) is 0 Å². The van der Waals surface area contributed by atoms with Crippen molar-refractivity contribution in [2.24, 2.45) is 0 Å². The lowest BCUT2D eigenvalue weighted by molar-refractivity contribution is 0.0932. The van der Waals surface area contributed by atoms with Crippen molar-refractivity contribution >= 4 is 11.7 Å². The van der Waals surface area contributed by atoms with Gasteiger partial charge in [0.15, 0.2) is 5.78 Å². The van der Waals surface area contributed by atoms with E-state index in [1.54, 1.807) is 0 Å². The quantitative estimate of drug-likeness (QED) is 0.782. The Hall–Kier alpha value is -2.40. The first-order chi connectivity index (χ1) is 12.5. The molecule has 1 aromatic carbocycles. The lowest BCUT2D eigenvalue weighted by Gasteiger charge is -2.28. The van der Waals surface area contributed by atoms with E-state index >= 15 is 0 Å². The molecule has 1 atom stereocenters. The summed E-state index contributed by atoms with van der Waals surface area (Å²) in [6, 6.07) is 10.5. The van der Waals surface area contributed by atoms with Gasteiger partial charge in [0.05, 0.1) is 6.04 Å². The van der Waals surface area contributed by atoms with Crippen molar-refractivity contribution in [3.63, 3.8) is 0 Å². The van der Waals surface area contributed by atoms with E-state index in [0.29, 0.717) is 17.8 Å². The summed E-state index contributed by atoms with van der Waals surface area (Å²) >= 11 is 0. The third-order valence-electron chi connectivity index (χ3n) is 5.24. The van der Waals surface area contributed by atoms with Gasteiger partial charge >= 0.3 is 0 Å². The maximum atomic E-state index is 12.7. The third kappa shape index (κ3) is 3.73. The van der Waals surface area contributed by atoms with E-state index in [1.165, 1.54) is 25.3 Å². The summed E-state index contributed by atoms with van der Waals surface area (Å²) in [7, 11) is 0. The fraction of sp³-hybridized carbons (Fsp3) is 0.429. The minimum atomic E-state index is -0.154. The van der Waals surface area contributed by atoms with Crippen LogP contribution in [0.2, 0.25) is 0 Å². The standard InChI is InChI=1S/C21H27N3O2/c1-14-19(16(3)25)15(2)23-20(14)21(26)22-13-18(24-11-7-8-12-24)17-9-5-4-6-10-17/h4-6,9-10,18,23H,7-8,11-13H2,1-3H3,(H,22,26). The number of aryl methyl sites for hydroxylation is 1. The SMILES string of the molecule is CC(=O)c1c(C)[nH]c(C(=O)NCC(c2ccccc2)N2CCCC2)c1C. The van der Waals surface area contributed by atoms with Gasteiger partial charge in [-0.3, -0.25) is 14.5 Å². The zero-order chi connectivity index (χ0) is 18.7. The van der Waals surface area contributed by atoms with Crippen LogP contribution in [0.1, 0.15) is 63.5 Å². The van der Waals surface area contributed by atoms with Crippen LogP contribution in [0.5, 0.6) is 0 Å². The van der Waals surface area contributed by atoms with Crippen LogP contribution in [0.25, 0.3) is 0 Å². The molecule has 138 valence electrons. The fourth-order valence-electron chi connectivity index (χ4n) is 3.97. The van der Waals surface area contributed by atoms with Gasteiger partial charge in [-0.05, 0) is 57.8 Å². The number of hydrogen-bond donors (Lipinski definition) is 2. The van der Waals surface area contributed by atoms with Crippen molar-refractivity contribution in [1.29, 1.82) is 0 Å². The van der Waals surface area contributed by atoms with Crippen LogP contribution in [0.15, 0.2) is 30.3 Å². The molecule has 5 heteroatoms. The van der Waals surface area contributed by atoms with Gasteiger partial charge in [0.2, 0.25) is 0 Å². The number of amides is 1. The Balaban J connectivity index is 1.76. The van der Waals surface area contributed by atoms with Crippen LogP contribution in [0.3, 0.4) is 0 Å². The Morgan fingerprint density at radius 1 is 1.15 bits per heavy atom. The number of nitrogens with one attached hydrogen (secondary N) is 2. The van der Waals surface area contributed by atoms with E-state index < -0.39 is 0 Å². The maximum absolute atomic E-state index is 12.7. The van der Waals surface area contributed by atoms with Gasteiger partial charge in [-0.1, -0.05) is 30.3 Å². The number of Topliss-reactive ketones (excluding diaryl/α,β-unsaturated/α-hetero) is 1. The second kappa shape index (κ2) is 7.87. The first-order valence-electron chi connectivity index (χ1n) is 9.26. The second-order valence-corrected chi connectivity index (χ2v) is 7.06. The average Bonchev–Trinajstić information content (AvgIpc) is 3.24. The molecule has 26 heavy (non-hydrogen) atoms. The summed E-state index contributed by atoms with van der Waals surface area (Å²) in [6.45, 7) is 7.86. The topological polar surface area (TPSA) is 65.2 Å². The van der Waals surface area contributed by atoms with Crippen LogP contribution in [-0.2, 0) is 0 Å². The molecule has 1 aliphatic rings. The molecule has 1 amide bonds. The monoisotopic (exact) mass is 353 g/mol. The molecular formula is C21H27N3O2. The summed E-state index contributed by atoms with van der Waals surface area (Å²) in [5, 5.41) is 3.07. The van der Waals surface area contributed by atoms with E-state index in [1.807, 2.05) is 32.0 Å². The lowest BCUT2D eigenvalue weighted by atomic mass is 10.0. The maximum Gasteiger partial charge on any atom is 0.268 e. The molecular weight excluding hydrogens is 326 g/mol. The molecule has 3 rings (SSSR count). The normalized spacial score (nSPS) is 15.8. The number of likely N-dealkylation sites (tertiary alicyclic amines) is 1. The fourth-order valence-corrected chi connectivity index (χ4v) is 3.97. The van der Waals surface area contributed by atoms with Crippen molar-refractivity contribution in [2.45, 2.75) is 39.7 Å². The molecule has 1 unspecified atom stereocenters. The smallest absolute Gasteiger partial charge is 0.268 e. The molecule has 5 nitrogen and oxygen atoms in total. The Morgan fingerprint density at radius 3 is 2.38 bits per heavy atom. The molecule has 1 fully saturated rings. The van der Waals surface area contributed by atoms with Crippen molar-refractivity contribution in [3.05, 3.63) is 58.4 Å². The molecule has 0 spiro atoms. The van der Waals surface area contributed by atoms with Gasteiger partial charge < -0.3 is 10.3 Å². The number of nitrogens with zero attached hydrogens (tertiary/aromatic N) is 1. The number of carbonyl (C=O) groups excluding carboxylic acids is 2. The van der Waals surface area contributed by atoms with E-state index in [-0.39, 0.29) is 17.7 Å². The molecule has 2 heterocycles. The van der Waals surface area contributed by atoms with Gasteiger partial charge in [-0.2, -0.15) is 0 Å². The van der Waals surface area contributed by atoms with Crippen molar-refractivity contribution in [3.8, 4) is 0 Å². The van der Waals surface area contributed by atoms with Gasteiger partial charge in [0.1, 0.15) is 5.69 Å². The molecule has 0 radical (unpaired) electrons. The number of ketones is 1. The minimum Gasteiger partial charge on any atom is -0.354 e. The summed E-state index contributed by atoms with van der Waals surface area (Å²) in [5.41, 5.74) is 3.80. The highest BCUT2D eigenvalue weighted by Crippen LogP contribution is 2.25. The summed E-state index contributed by atoms with van der Waals surface area (Å²) in [5.74, 6) is -0.173. The molecule has 1 saturated heterocycles. The lowest BCUT2D eigenvalue weighted by Crippen LogP contribution is -2.37. The van der Waals surface area contributed by atoms with Gasteiger partial charge in [-0.25, -0.2) is 0 Å². The zero-order valence-electron chi connectivity index (χ0n) is 15.8. The van der Waals surface area contributed by atoms with Crippen LogP contribution < -0.4 is 5.32 Å². The first-order valence-corrected chi connectivity index (χ1v) is 9.26. The third-order valence-corrected chi connectivity index (χ3v) is 5.24. The number of H-pyrrole nitrogens is 1. The summed E-state index contributed by atoms with van der Waals surface area (Å²) in [6.07, 6.45) is 2.41. The predicted octanol–water partition coefficient (Wildman–Crippen LogP) is 3.40. The number of rotatable bonds is 6. The molecule has 2 aromatic rings. The van der Waals surface area contributed by atoms with Gasteiger partial charge in [-0.15, -0.1) is 0 Å². The van der Waals surface area contributed by atoms with Crippen molar-refractivity contribution in [2.75, 3.05) is 19.6 Å². The van der Waals surface area contributed by atoms with Gasteiger partial charge in [0.25, 0.3) is 5.91 Å². The Kier molecular flexibility index (Phi) is 5.57. The number of aromatic nitrogens is 1.